The van der Waals surface area contributed by atoms with E-state index in [0.717, 1.165) is 47.0 Å². The Morgan fingerprint density at radius 1 is 0.562 bits per heavy atom. The smallest absolute Gasteiger partial charge is 0.153 e. The van der Waals surface area contributed by atoms with E-state index in [9.17, 15) is 0 Å². The van der Waals surface area contributed by atoms with Crippen molar-refractivity contribution in [3.05, 3.63) is 36.4 Å². The van der Waals surface area contributed by atoms with Gasteiger partial charge in [-0.2, -0.15) is 0 Å². The quantitative estimate of drug-likeness (QED) is 0.460. The second-order valence-electron chi connectivity index (χ2n) is 10.7. The van der Waals surface area contributed by atoms with E-state index in [2.05, 4.69) is 51.5 Å². The second kappa shape index (κ2) is 7.60. The number of anilines is 4. The number of hydrogen-bond acceptors (Lipinski definition) is 4. The molecule has 32 heavy (non-hydrogen) atoms. The van der Waals surface area contributed by atoms with Crippen LogP contribution in [0, 0.1) is 0 Å². The zero-order chi connectivity index (χ0) is 21.1. The standard InChI is InChI=1S/C28H35N3O/c1-5-19-7-2-8-20(6-1)30(19)23-13-15-25-27(17-23)32-28-18-24(14-16-26(28)29-25)31-21-9-3-10-22(31)12-4-11-21/h13-22,29H,1-12H2. The monoisotopic (exact) mass is 429 g/mol. The van der Waals surface area contributed by atoms with Crippen LogP contribution in [0.5, 0.6) is 11.5 Å². The van der Waals surface area contributed by atoms with Crippen LogP contribution in [-0.4, -0.2) is 24.2 Å². The van der Waals surface area contributed by atoms with Crippen molar-refractivity contribution in [2.24, 2.45) is 0 Å². The summed E-state index contributed by atoms with van der Waals surface area (Å²) >= 11 is 0. The zero-order valence-corrected chi connectivity index (χ0v) is 19.1. The van der Waals surface area contributed by atoms with Gasteiger partial charge in [0.15, 0.2) is 11.5 Å². The molecule has 0 unspecified atom stereocenters. The number of nitrogens with one attached hydrogen (secondary N) is 1. The van der Waals surface area contributed by atoms with E-state index in [4.69, 9.17) is 4.74 Å². The number of piperidine rings is 4. The number of fused-ring (bicyclic) bond motifs is 6. The molecule has 0 atom stereocenters. The van der Waals surface area contributed by atoms with E-state index in [-0.39, 0.29) is 0 Å². The van der Waals surface area contributed by atoms with Crippen molar-refractivity contribution in [2.45, 2.75) is 101 Å². The molecule has 2 aromatic carbocycles. The second-order valence-corrected chi connectivity index (χ2v) is 10.7. The number of benzene rings is 2. The first-order valence-corrected chi connectivity index (χ1v) is 13.1. The van der Waals surface area contributed by atoms with Crippen molar-refractivity contribution in [3.8, 4) is 11.5 Å². The largest absolute Gasteiger partial charge is 0.453 e. The molecule has 4 heteroatoms. The maximum Gasteiger partial charge on any atom is 0.153 e. The Labute approximate surface area is 191 Å². The van der Waals surface area contributed by atoms with Crippen molar-refractivity contribution < 1.29 is 4.74 Å². The first-order chi connectivity index (χ1) is 15.8. The molecule has 5 aliphatic rings. The molecule has 168 valence electrons. The van der Waals surface area contributed by atoms with Crippen LogP contribution in [0.3, 0.4) is 0 Å². The highest BCUT2D eigenvalue weighted by atomic mass is 16.5. The Hall–Kier alpha value is -2.36. The molecule has 0 radical (unpaired) electrons. The van der Waals surface area contributed by atoms with Crippen LogP contribution in [0.1, 0.15) is 77.0 Å². The lowest BCUT2D eigenvalue weighted by molar-refractivity contribution is 0.296. The van der Waals surface area contributed by atoms with E-state index >= 15 is 0 Å². The van der Waals surface area contributed by atoms with Gasteiger partial charge >= 0.3 is 0 Å². The third-order valence-electron chi connectivity index (χ3n) is 8.89. The van der Waals surface area contributed by atoms with Gasteiger partial charge in [-0.1, -0.05) is 0 Å². The van der Waals surface area contributed by atoms with E-state index in [1.165, 1.54) is 88.4 Å². The van der Waals surface area contributed by atoms with Gasteiger partial charge in [-0.25, -0.2) is 0 Å². The first-order valence-electron chi connectivity index (χ1n) is 13.1. The summed E-state index contributed by atoms with van der Waals surface area (Å²) in [6, 6.07) is 16.5. The van der Waals surface area contributed by atoms with Gasteiger partial charge in [-0.05, 0) is 101 Å². The van der Waals surface area contributed by atoms with Gasteiger partial charge < -0.3 is 19.9 Å². The average Bonchev–Trinajstić information content (AvgIpc) is 2.81. The molecule has 4 saturated heterocycles. The Morgan fingerprint density at radius 3 is 1.31 bits per heavy atom. The Kier molecular flexibility index (Phi) is 4.55. The molecule has 4 bridgehead atoms. The van der Waals surface area contributed by atoms with Gasteiger partial charge in [0.2, 0.25) is 0 Å². The third-order valence-corrected chi connectivity index (χ3v) is 8.89. The fourth-order valence-electron chi connectivity index (χ4n) is 7.47. The van der Waals surface area contributed by atoms with Gasteiger partial charge in [-0.15, -0.1) is 0 Å². The van der Waals surface area contributed by atoms with Crippen LogP contribution in [0.25, 0.3) is 0 Å². The molecule has 4 nitrogen and oxygen atoms in total. The highest BCUT2D eigenvalue weighted by Gasteiger charge is 2.36. The molecule has 0 aromatic heterocycles. The summed E-state index contributed by atoms with van der Waals surface area (Å²) in [7, 11) is 0. The molecule has 5 aliphatic heterocycles. The number of rotatable bonds is 2. The van der Waals surface area contributed by atoms with Crippen molar-refractivity contribution in [1.29, 1.82) is 0 Å². The lowest BCUT2D eigenvalue weighted by Gasteiger charge is -2.48. The molecule has 0 amide bonds. The molecule has 2 aromatic rings. The van der Waals surface area contributed by atoms with Gasteiger partial charge in [0, 0.05) is 47.7 Å². The molecule has 0 aliphatic carbocycles. The van der Waals surface area contributed by atoms with Crippen LogP contribution < -0.4 is 19.9 Å². The van der Waals surface area contributed by atoms with Crippen LogP contribution in [-0.2, 0) is 0 Å². The number of nitrogens with zero attached hydrogens (tertiary/aromatic N) is 2. The number of ether oxygens (including phenoxy) is 1. The fourth-order valence-corrected chi connectivity index (χ4v) is 7.47. The summed E-state index contributed by atoms with van der Waals surface area (Å²) < 4.78 is 6.57. The van der Waals surface area contributed by atoms with E-state index < -0.39 is 0 Å². The van der Waals surface area contributed by atoms with Gasteiger partial charge in [0.1, 0.15) is 0 Å². The lowest BCUT2D eigenvalue weighted by atomic mass is 9.84. The van der Waals surface area contributed by atoms with Crippen molar-refractivity contribution >= 4 is 22.7 Å². The molecule has 4 fully saturated rings. The Bertz CT molecular complexity index is 896. The minimum atomic E-state index is 0.717. The molecule has 7 rings (SSSR count). The minimum absolute atomic E-state index is 0.717. The van der Waals surface area contributed by atoms with Crippen LogP contribution >= 0.6 is 0 Å². The summed E-state index contributed by atoms with van der Waals surface area (Å²) in [5.74, 6) is 1.96. The van der Waals surface area contributed by atoms with E-state index in [0.29, 0.717) is 0 Å². The topological polar surface area (TPSA) is 27.7 Å². The summed E-state index contributed by atoms with van der Waals surface area (Å²) in [6.45, 7) is 0. The molecule has 5 heterocycles. The Balaban J connectivity index is 1.19. The van der Waals surface area contributed by atoms with Crippen molar-refractivity contribution in [2.75, 3.05) is 15.1 Å². The minimum Gasteiger partial charge on any atom is -0.453 e. The van der Waals surface area contributed by atoms with Crippen LogP contribution in [0.15, 0.2) is 36.4 Å². The zero-order valence-electron chi connectivity index (χ0n) is 19.1. The summed E-state index contributed by atoms with van der Waals surface area (Å²) in [4.78, 5) is 5.44. The maximum absolute atomic E-state index is 6.57. The van der Waals surface area contributed by atoms with Gasteiger partial charge in [-0.3, -0.25) is 0 Å². The predicted molar refractivity (Wildman–Crippen MR) is 132 cm³/mol. The molecular weight excluding hydrogens is 394 g/mol. The molecule has 0 saturated carbocycles. The number of hydrogen-bond donors (Lipinski definition) is 1. The van der Waals surface area contributed by atoms with Crippen LogP contribution in [0.4, 0.5) is 22.7 Å². The summed E-state index contributed by atoms with van der Waals surface area (Å²) in [6.07, 6.45) is 16.3. The SMILES string of the molecule is c1cc2c(cc1N1C3CCCC1CCC3)Oc1cc(N3C4CCCC3CCC4)ccc1N2. The van der Waals surface area contributed by atoms with E-state index in [1.807, 2.05) is 0 Å². The summed E-state index contributed by atoms with van der Waals surface area (Å²) in [5.41, 5.74) is 4.88. The van der Waals surface area contributed by atoms with Crippen LogP contribution in [0.2, 0.25) is 0 Å². The first kappa shape index (κ1) is 19.1. The van der Waals surface area contributed by atoms with Gasteiger partial charge in [0.05, 0.1) is 11.4 Å². The third kappa shape index (κ3) is 3.09. The fraction of sp³-hybridized carbons (Fsp3) is 0.571. The highest BCUT2D eigenvalue weighted by molar-refractivity contribution is 5.79. The average molecular weight is 430 g/mol. The predicted octanol–water partition coefficient (Wildman–Crippen LogP) is 7.36. The molecule has 1 N–H and O–H groups in total. The summed E-state index contributed by atoms with van der Waals surface area (Å²) in [5, 5.41) is 3.64. The molecular formula is C28H35N3O. The highest BCUT2D eigenvalue weighted by Crippen LogP contribution is 2.48. The van der Waals surface area contributed by atoms with Crippen molar-refractivity contribution in [1.82, 2.24) is 0 Å². The lowest BCUT2D eigenvalue weighted by Crippen LogP contribution is -2.49. The normalized spacial score (nSPS) is 30.6. The molecule has 0 spiro atoms. The van der Waals surface area contributed by atoms with E-state index in [1.54, 1.807) is 0 Å². The van der Waals surface area contributed by atoms with Gasteiger partial charge in [0.25, 0.3) is 0 Å². The maximum atomic E-state index is 6.57. The Morgan fingerprint density at radius 2 is 0.938 bits per heavy atom. The van der Waals surface area contributed by atoms with Crippen molar-refractivity contribution in [3.63, 3.8) is 0 Å².